The lowest BCUT2D eigenvalue weighted by molar-refractivity contribution is -0.141. The molecule has 35 heavy (non-hydrogen) atoms. The fourth-order valence-corrected chi connectivity index (χ4v) is 8.33. The minimum atomic E-state index is -0.981. The molecule has 2 fully saturated rings. The van der Waals surface area contributed by atoms with Gasteiger partial charge in [-0.3, -0.25) is 19.2 Å². The number of carbonyl (C=O) groups is 4. The van der Waals surface area contributed by atoms with E-state index in [0.29, 0.717) is 41.2 Å². The normalized spacial score (nSPS) is 40.8. The molecule has 1 N–H and O–H groups in total. The van der Waals surface area contributed by atoms with Crippen molar-refractivity contribution in [3.8, 4) is 0 Å². The second kappa shape index (κ2) is 8.52. The van der Waals surface area contributed by atoms with E-state index >= 15 is 0 Å². The van der Waals surface area contributed by atoms with E-state index < -0.39 is 16.8 Å². The monoisotopic (exact) mass is 482 g/mol. The van der Waals surface area contributed by atoms with Crippen LogP contribution in [0.5, 0.6) is 0 Å². The SMILES string of the molecule is CC(C)[C@@H](C)[C@]1(C)C[C@@H]1[C@@H](C)[C@H]1CC[C@@H](C2=CC(=O)C3=CC(=O)CC[C@]3(C)C2=O)[C@]1(C)CC(=O)O. The van der Waals surface area contributed by atoms with Gasteiger partial charge in [-0.25, -0.2) is 0 Å². The molecule has 0 unspecified atom stereocenters. The lowest BCUT2D eigenvalue weighted by Crippen LogP contribution is -2.45. The third-order valence-corrected chi connectivity index (χ3v) is 11.1. The zero-order valence-electron chi connectivity index (χ0n) is 22.4. The van der Waals surface area contributed by atoms with Crippen molar-refractivity contribution in [2.75, 3.05) is 0 Å². The lowest BCUT2D eigenvalue weighted by atomic mass is 9.58. The van der Waals surface area contributed by atoms with Gasteiger partial charge >= 0.3 is 5.97 Å². The van der Waals surface area contributed by atoms with Crippen LogP contribution in [-0.4, -0.2) is 28.4 Å². The maximum Gasteiger partial charge on any atom is 0.303 e. The third kappa shape index (κ3) is 3.97. The van der Waals surface area contributed by atoms with Crippen LogP contribution in [0.1, 0.15) is 87.0 Å². The molecule has 0 aromatic rings. The molecule has 4 aliphatic rings. The van der Waals surface area contributed by atoms with Gasteiger partial charge in [0.2, 0.25) is 0 Å². The van der Waals surface area contributed by atoms with Crippen molar-refractivity contribution in [3.05, 3.63) is 23.3 Å². The molecule has 0 radical (unpaired) electrons. The van der Waals surface area contributed by atoms with Crippen LogP contribution in [-0.2, 0) is 19.2 Å². The highest BCUT2D eigenvalue weighted by Gasteiger charge is 2.62. The van der Waals surface area contributed by atoms with Crippen LogP contribution < -0.4 is 0 Å². The van der Waals surface area contributed by atoms with Crippen LogP contribution in [0.2, 0.25) is 0 Å². The molecule has 4 aliphatic carbocycles. The number of fused-ring (bicyclic) bond motifs is 1. The summed E-state index contributed by atoms with van der Waals surface area (Å²) in [6.07, 6.45) is 6.15. The molecule has 0 aliphatic heterocycles. The number of aliphatic carboxylic acids is 1. The average molecular weight is 483 g/mol. The first-order valence-corrected chi connectivity index (χ1v) is 13.4. The summed E-state index contributed by atoms with van der Waals surface area (Å²) in [5.41, 5.74) is -0.504. The van der Waals surface area contributed by atoms with Gasteiger partial charge in [0.15, 0.2) is 17.3 Å². The molecule has 8 atom stereocenters. The Bertz CT molecular complexity index is 1030. The second-order valence-corrected chi connectivity index (χ2v) is 13.2. The van der Waals surface area contributed by atoms with Gasteiger partial charge < -0.3 is 5.11 Å². The summed E-state index contributed by atoms with van der Waals surface area (Å²) in [6.45, 7) is 15.4. The smallest absolute Gasteiger partial charge is 0.303 e. The fraction of sp³-hybridized carbons (Fsp3) is 0.733. The molecule has 0 saturated heterocycles. The summed E-state index contributed by atoms with van der Waals surface area (Å²) < 4.78 is 0. The Morgan fingerprint density at radius 2 is 1.69 bits per heavy atom. The number of carboxylic acids is 1. The summed E-state index contributed by atoms with van der Waals surface area (Å²) in [6, 6.07) is 0. The van der Waals surface area contributed by atoms with E-state index in [1.807, 2.05) is 6.92 Å². The van der Waals surface area contributed by atoms with E-state index in [2.05, 4.69) is 34.6 Å². The van der Waals surface area contributed by atoms with Gasteiger partial charge in [-0.15, -0.1) is 0 Å². The Labute approximate surface area is 209 Å². The molecular weight excluding hydrogens is 440 g/mol. The molecule has 2 saturated carbocycles. The number of carboxylic acid groups (broad SMARTS) is 1. The summed E-state index contributed by atoms with van der Waals surface area (Å²) in [5, 5.41) is 9.94. The summed E-state index contributed by atoms with van der Waals surface area (Å²) >= 11 is 0. The first kappa shape index (κ1) is 26.0. The molecule has 0 aromatic carbocycles. The Kier molecular flexibility index (Phi) is 6.34. The van der Waals surface area contributed by atoms with Crippen molar-refractivity contribution in [2.45, 2.75) is 87.0 Å². The standard InChI is InChI=1S/C30H42O5/c1-16(2)18(4)29(6)14-24(29)17(3)21-8-9-22(30(21,7)15-26(33)34)20-13-25(32)23-12-19(31)10-11-28(23,5)27(20)35/h12-13,16-18,21-22,24H,8-11,14-15H2,1-7H3,(H,33,34)/t17-,18+,21+,22-,24+,28-,29-,30+/m0/s1. The van der Waals surface area contributed by atoms with Crippen LogP contribution >= 0.6 is 0 Å². The molecule has 0 bridgehead atoms. The minimum absolute atomic E-state index is 0.00739. The third-order valence-electron chi connectivity index (χ3n) is 11.1. The van der Waals surface area contributed by atoms with Gasteiger partial charge in [0.1, 0.15) is 0 Å². The molecule has 0 spiro atoms. The molecule has 0 heterocycles. The summed E-state index contributed by atoms with van der Waals surface area (Å²) in [7, 11) is 0. The topological polar surface area (TPSA) is 88.5 Å². The van der Waals surface area contributed by atoms with Crippen molar-refractivity contribution >= 4 is 23.3 Å². The second-order valence-electron chi connectivity index (χ2n) is 13.2. The van der Waals surface area contributed by atoms with Gasteiger partial charge in [-0.05, 0) is 91.1 Å². The van der Waals surface area contributed by atoms with Gasteiger partial charge in [0.25, 0.3) is 0 Å². The molecule has 5 nitrogen and oxygen atoms in total. The number of rotatable bonds is 7. The van der Waals surface area contributed by atoms with Crippen molar-refractivity contribution in [1.29, 1.82) is 0 Å². The van der Waals surface area contributed by atoms with Crippen molar-refractivity contribution in [2.24, 2.45) is 51.8 Å². The van der Waals surface area contributed by atoms with E-state index in [1.54, 1.807) is 6.92 Å². The maximum atomic E-state index is 13.9. The Morgan fingerprint density at radius 3 is 2.29 bits per heavy atom. The highest BCUT2D eigenvalue weighted by molar-refractivity contribution is 6.23. The molecule has 4 rings (SSSR count). The van der Waals surface area contributed by atoms with Crippen molar-refractivity contribution in [3.63, 3.8) is 0 Å². The van der Waals surface area contributed by atoms with Crippen LogP contribution in [0.25, 0.3) is 0 Å². The molecule has 0 amide bonds. The Balaban J connectivity index is 1.68. The molecule has 5 heteroatoms. The lowest BCUT2D eigenvalue weighted by Gasteiger charge is -2.43. The van der Waals surface area contributed by atoms with Crippen LogP contribution in [0.15, 0.2) is 23.3 Å². The average Bonchev–Trinajstić information content (AvgIpc) is 3.36. The van der Waals surface area contributed by atoms with E-state index in [4.69, 9.17) is 0 Å². The van der Waals surface area contributed by atoms with Gasteiger partial charge in [0.05, 0.1) is 11.8 Å². The van der Waals surface area contributed by atoms with E-state index in [1.165, 1.54) is 12.2 Å². The van der Waals surface area contributed by atoms with Crippen LogP contribution in [0, 0.1) is 51.8 Å². The molecule has 0 aromatic heterocycles. The first-order chi connectivity index (χ1) is 16.2. The van der Waals surface area contributed by atoms with E-state index in [-0.39, 0.29) is 47.4 Å². The zero-order valence-corrected chi connectivity index (χ0v) is 22.4. The maximum absolute atomic E-state index is 13.9. The fourth-order valence-electron chi connectivity index (χ4n) is 8.33. The number of hydrogen-bond acceptors (Lipinski definition) is 4. The molecular formula is C30H42O5. The molecule has 192 valence electrons. The Hall–Kier alpha value is -2.04. The largest absolute Gasteiger partial charge is 0.481 e. The van der Waals surface area contributed by atoms with Crippen molar-refractivity contribution in [1.82, 2.24) is 0 Å². The number of carbonyl (C=O) groups excluding carboxylic acids is 3. The number of allylic oxidation sites excluding steroid dienone is 4. The summed E-state index contributed by atoms with van der Waals surface area (Å²) in [4.78, 5) is 51.1. The number of hydrogen-bond donors (Lipinski definition) is 1. The van der Waals surface area contributed by atoms with Crippen LogP contribution in [0.3, 0.4) is 0 Å². The quantitative estimate of drug-likeness (QED) is 0.494. The van der Waals surface area contributed by atoms with E-state index in [9.17, 15) is 24.3 Å². The van der Waals surface area contributed by atoms with Crippen LogP contribution in [0.4, 0.5) is 0 Å². The van der Waals surface area contributed by atoms with Gasteiger partial charge in [-0.1, -0.05) is 41.5 Å². The Morgan fingerprint density at radius 1 is 1.03 bits per heavy atom. The van der Waals surface area contributed by atoms with Crippen molar-refractivity contribution < 1.29 is 24.3 Å². The van der Waals surface area contributed by atoms with Gasteiger partial charge in [0, 0.05) is 17.6 Å². The number of ketones is 3. The van der Waals surface area contributed by atoms with Gasteiger partial charge in [-0.2, -0.15) is 0 Å². The predicted octanol–water partition coefficient (Wildman–Crippen LogP) is 5.82. The zero-order chi connectivity index (χ0) is 26.1. The minimum Gasteiger partial charge on any atom is -0.481 e. The van der Waals surface area contributed by atoms with E-state index in [0.717, 1.165) is 19.3 Å². The highest BCUT2D eigenvalue weighted by Crippen LogP contribution is 2.68. The predicted molar refractivity (Wildman–Crippen MR) is 134 cm³/mol. The summed E-state index contributed by atoms with van der Waals surface area (Å²) in [5.74, 6) is 0.704. The highest BCUT2D eigenvalue weighted by atomic mass is 16.4. The first-order valence-electron chi connectivity index (χ1n) is 13.4. The number of Topliss-reactive ketones (excluding diaryl/α,β-unsaturated/α-hetero) is 1.